The molecule has 2 aliphatic rings. The van der Waals surface area contributed by atoms with Crippen LogP contribution in [0.1, 0.15) is 46.7 Å². The van der Waals surface area contributed by atoms with E-state index in [-0.39, 0.29) is 0 Å². The number of furan rings is 1. The molecule has 1 aromatic heterocycles. The molecular weight excluding hydrogens is 240 g/mol. The maximum Gasteiger partial charge on any atom is 0.112 e. The SMILES string of the molecule is BrC1CCCc2oc3c(c21)C=CCC3. The number of hydrogen-bond acceptors (Lipinski definition) is 1. The van der Waals surface area contributed by atoms with E-state index in [4.69, 9.17) is 4.42 Å². The molecule has 0 aliphatic heterocycles. The normalized spacial score (nSPS) is 24.5. The second-order valence-corrected chi connectivity index (χ2v) is 5.18. The molecule has 74 valence electrons. The van der Waals surface area contributed by atoms with Crippen LogP contribution in [0, 0.1) is 0 Å². The van der Waals surface area contributed by atoms with Crippen molar-refractivity contribution in [3.63, 3.8) is 0 Å². The summed E-state index contributed by atoms with van der Waals surface area (Å²) in [6.07, 6.45) is 10.3. The summed E-state index contributed by atoms with van der Waals surface area (Å²) in [5, 5.41) is 0. The van der Waals surface area contributed by atoms with Crippen molar-refractivity contribution in [2.45, 2.75) is 36.9 Å². The summed E-state index contributed by atoms with van der Waals surface area (Å²) in [6, 6.07) is 0. The minimum Gasteiger partial charge on any atom is -0.465 e. The van der Waals surface area contributed by atoms with Gasteiger partial charge in [-0.3, -0.25) is 0 Å². The number of fused-ring (bicyclic) bond motifs is 3. The maximum absolute atomic E-state index is 5.92. The Balaban J connectivity index is 2.18. The molecule has 0 amide bonds. The summed E-state index contributed by atoms with van der Waals surface area (Å²) in [4.78, 5) is 0.515. The summed E-state index contributed by atoms with van der Waals surface area (Å²) in [7, 11) is 0. The zero-order valence-corrected chi connectivity index (χ0v) is 9.64. The fourth-order valence-electron chi connectivity index (χ4n) is 2.46. The molecule has 0 radical (unpaired) electrons. The largest absolute Gasteiger partial charge is 0.465 e. The highest BCUT2D eigenvalue weighted by molar-refractivity contribution is 9.09. The van der Waals surface area contributed by atoms with Crippen LogP contribution in [0.5, 0.6) is 0 Å². The van der Waals surface area contributed by atoms with Gasteiger partial charge in [-0.05, 0) is 19.3 Å². The molecule has 0 saturated carbocycles. The third-order valence-electron chi connectivity index (χ3n) is 3.13. The Morgan fingerprint density at radius 1 is 1.29 bits per heavy atom. The Morgan fingerprint density at radius 2 is 2.21 bits per heavy atom. The molecule has 1 unspecified atom stereocenters. The highest BCUT2D eigenvalue weighted by Gasteiger charge is 2.27. The van der Waals surface area contributed by atoms with E-state index in [9.17, 15) is 0 Å². The van der Waals surface area contributed by atoms with Crippen molar-refractivity contribution in [1.29, 1.82) is 0 Å². The van der Waals surface area contributed by atoms with E-state index in [1.807, 2.05) is 0 Å². The summed E-state index contributed by atoms with van der Waals surface area (Å²) < 4.78 is 5.92. The van der Waals surface area contributed by atoms with E-state index < -0.39 is 0 Å². The molecule has 14 heavy (non-hydrogen) atoms. The van der Waals surface area contributed by atoms with Crippen LogP contribution in [0.25, 0.3) is 6.08 Å². The van der Waals surface area contributed by atoms with E-state index in [1.54, 1.807) is 0 Å². The Kier molecular flexibility index (Phi) is 2.05. The third kappa shape index (κ3) is 1.20. The molecule has 0 fully saturated rings. The van der Waals surface area contributed by atoms with Gasteiger partial charge in [-0.25, -0.2) is 0 Å². The monoisotopic (exact) mass is 252 g/mol. The second kappa shape index (κ2) is 3.27. The molecule has 1 atom stereocenters. The minimum absolute atomic E-state index is 0.515. The summed E-state index contributed by atoms with van der Waals surface area (Å²) in [5.41, 5.74) is 2.80. The first-order chi connectivity index (χ1) is 6.86. The van der Waals surface area contributed by atoms with E-state index in [0.717, 1.165) is 19.3 Å². The molecule has 2 aliphatic carbocycles. The lowest BCUT2D eigenvalue weighted by Crippen LogP contribution is -2.03. The second-order valence-electron chi connectivity index (χ2n) is 4.08. The minimum atomic E-state index is 0.515. The predicted octanol–water partition coefficient (Wildman–Crippen LogP) is 4.01. The fraction of sp³-hybridized carbons (Fsp3) is 0.500. The van der Waals surface area contributed by atoms with Gasteiger partial charge in [0.05, 0.1) is 0 Å². The van der Waals surface area contributed by atoms with Gasteiger partial charge in [0.2, 0.25) is 0 Å². The molecule has 1 aromatic rings. The van der Waals surface area contributed by atoms with Gasteiger partial charge in [-0.2, -0.15) is 0 Å². The molecule has 0 aromatic carbocycles. The Labute approximate surface area is 92.3 Å². The topological polar surface area (TPSA) is 13.1 Å². The average Bonchev–Trinajstić information content (AvgIpc) is 2.57. The fourth-order valence-corrected chi connectivity index (χ4v) is 3.28. The van der Waals surface area contributed by atoms with Gasteiger partial charge in [-0.1, -0.05) is 28.1 Å². The van der Waals surface area contributed by atoms with Crippen LogP contribution in [-0.4, -0.2) is 0 Å². The van der Waals surface area contributed by atoms with Crippen LogP contribution in [0.15, 0.2) is 10.5 Å². The molecule has 0 saturated heterocycles. The van der Waals surface area contributed by atoms with Crippen molar-refractivity contribution in [2.24, 2.45) is 0 Å². The molecule has 3 rings (SSSR count). The van der Waals surface area contributed by atoms with Gasteiger partial charge in [-0.15, -0.1) is 0 Å². The number of allylic oxidation sites excluding steroid dienone is 1. The van der Waals surface area contributed by atoms with Crippen LogP contribution < -0.4 is 0 Å². The van der Waals surface area contributed by atoms with Crippen molar-refractivity contribution in [3.8, 4) is 0 Å². The lowest BCUT2D eigenvalue weighted by Gasteiger charge is -2.16. The highest BCUT2D eigenvalue weighted by atomic mass is 79.9. The Bertz CT molecular complexity index is 389. The Hall–Kier alpha value is -0.500. The third-order valence-corrected chi connectivity index (χ3v) is 4.05. The molecule has 0 spiro atoms. The number of hydrogen-bond donors (Lipinski definition) is 0. The summed E-state index contributed by atoms with van der Waals surface area (Å²) in [6.45, 7) is 0. The molecular formula is C12H13BrO. The number of alkyl halides is 1. The van der Waals surface area contributed by atoms with E-state index in [1.165, 1.54) is 35.5 Å². The standard InChI is InChI=1S/C12H13BrO/c13-9-5-3-7-11-12(9)8-4-1-2-6-10(8)14-11/h1,4,9H,2-3,5-7H2. The van der Waals surface area contributed by atoms with E-state index in [2.05, 4.69) is 28.1 Å². The molecule has 1 heterocycles. The van der Waals surface area contributed by atoms with Crippen LogP contribution in [0.3, 0.4) is 0 Å². The zero-order valence-electron chi connectivity index (χ0n) is 8.05. The lowest BCUT2D eigenvalue weighted by molar-refractivity contribution is 0.443. The molecule has 2 heteroatoms. The number of halogens is 1. The van der Waals surface area contributed by atoms with E-state index in [0.29, 0.717) is 4.83 Å². The summed E-state index contributed by atoms with van der Waals surface area (Å²) >= 11 is 3.75. The van der Waals surface area contributed by atoms with E-state index >= 15 is 0 Å². The zero-order chi connectivity index (χ0) is 9.54. The lowest BCUT2D eigenvalue weighted by atomic mass is 9.92. The van der Waals surface area contributed by atoms with Crippen LogP contribution in [0.4, 0.5) is 0 Å². The van der Waals surface area contributed by atoms with Crippen LogP contribution in [-0.2, 0) is 12.8 Å². The van der Waals surface area contributed by atoms with Gasteiger partial charge in [0.25, 0.3) is 0 Å². The van der Waals surface area contributed by atoms with Gasteiger partial charge in [0.15, 0.2) is 0 Å². The van der Waals surface area contributed by atoms with Crippen molar-refractivity contribution < 1.29 is 4.42 Å². The molecule has 1 nitrogen and oxygen atoms in total. The first-order valence-electron chi connectivity index (χ1n) is 5.31. The molecule has 0 bridgehead atoms. The smallest absolute Gasteiger partial charge is 0.112 e. The maximum atomic E-state index is 5.92. The number of rotatable bonds is 0. The number of aryl methyl sites for hydroxylation is 2. The van der Waals surface area contributed by atoms with Crippen LogP contribution in [0.2, 0.25) is 0 Å². The Morgan fingerprint density at radius 3 is 3.14 bits per heavy atom. The van der Waals surface area contributed by atoms with Gasteiger partial charge >= 0.3 is 0 Å². The van der Waals surface area contributed by atoms with Gasteiger partial charge < -0.3 is 4.42 Å². The van der Waals surface area contributed by atoms with Crippen molar-refractivity contribution in [3.05, 3.63) is 28.7 Å². The van der Waals surface area contributed by atoms with Crippen molar-refractivity contribution in [2.75, 3.05) is 0 Å². The first-order valence-corrected chi connectivity index (χ1v) is 6.23. The quantitative estimate of drug-likeness (QED) is 0.636. The van der Waals surface area contributed by atoms with Gasteiger partial charge in [0, 0.05) is 28.8 Å². The highest BCUT2D eigenvalue weighted by Crippen LogP contribution is 2.42. The van der Waals surface area contributed by atoms with Gasteiger partial charge in [0.1, 0.15) is 11.5 Å². The van der Waals surface area contributed by atoms with Crippen LogP contribution >= 0.6 is 15.9 Å². The van der Waals surface area contributed by atoms with Crippen molar-refractivity contribution in [1.82, 2.24) is 0 Å². The van der Waals surface area contributed by atoms with Crippen molar-refractivity contribution >= 4 is 22.0 Å². The average molecular weight is 253 g/mol. The predicted molar refractivity (Wildman–Crippen MR) is 60.7 cm³/mol. The molecule has 0 N–H and O–H groups in total. The first kappa shape index (κ1) is 8.78. The summed E-state index contributed by atoms with van der Waals surface area (Å²) in [5.74, 6) is 2.44.